The number of hydrogen-bond donors (Lipinski definition) is 0. The van der Waals surface area contributed by atoms with E-state index in [1.165, 1.54) is 61.3 Å². The van der Waals surface area contributed by atoms with Gasteiger partial charge in [-0.3, -0.25) is 0 Å². The molecule has 0 saturated carbocycles. The van der Waals surface area contributed by atoms with E-state index in [0.29, 0.717) is 5.49 Å². The summed E-state index contributed by atoms with van der Waals surface area (Å²) >= 11 is 1.55. The van der Waals surface area contributed by atoms with Crippen molar-refractivity contribution in [2.75, 3.05) is 0 Å². The van der Waals surface area contributed by atoms with E-state index in [2.05, 4.69) is 90.1 Å². The molecule has 37 heavy (non-hydrogen) atoms. The van der Waals surface area contributed by atoms with Crippen molar-refractivity contribution < 1.29 is 47.8 Å². The number of benzene rings is 2. The summed E-state index contributed by atoms with van der Waals surface area (Å²) in [5, 5.41) is 5.85. The summed E-state index contributed by atoms with van der Waals surface area (Å²) in [5.41, 5.74) is 9.02. The van der Waals surface area contributed by atoms with Crippen molar-refractivity contribution in [3.63, 3.8) is 0 Å². The maximum absolute atomic E-state index is 2.31. The van der Waals surface area contributed by atoms with Crippen molar-refractivity contribution in [1.82, 2.24) is 0 Å². The summed E-state index contributed by atoms with van der Waals surface area (Å²) in [7, 11) is 0. The Balaban J connectivity index is 0.000000284. The molecule has 0 aromatic heterocycles. The Labute approximate surface area is 253 Å². The van der Waals surface area contributed by atoms with Crippen molar-refractivity contribution in [3.05, 3.63) is 81.9 Å². The van der Waals surface area contributed by atoms with Crippen LogP contribution >= 0.6 is 0 Å². The van der Waals surface area contributed by atoms with Crippen LogP contribution in [0.2, 0.25) is 12.1 Å². The molecule has 0 unspecified atom stereocenters. The summed E-state index contributed by atoms with van der Waals surface area (Å²) in [5.74, 6) is 0. The van der Waals surface area contributed by atoms with E-state index in [9.17, 15) is 0 Å². The van der Waals surface area contributed by atoms with Crippen molar-refractivity contribution in [1.29, 1.82) is 0 Å². The average Bonchev–Trinajstić information content (AvgIpc) is 3.46. The minimum atomic E-state index is 0. The summed E-state index contributed by atoms with van der Waals surface area (Å²) in [4.78, 5) is 0. The third-order valence-electron chi connectivity index (χ3n) is 7.40. The van der Waals surface area contributed by atoms with Gasteiger partial charge in [-0.1, -0.05) is 77.6 Å². The van der Waals surface area contributed by atoms with Crippen LogP contribution in [0.3, 0.4) is 0 Å². The molecule has 0 aliphatic carbocycles. The molecule has 1 fully saturated rings. The molecule has 4 aromatic carbocycles. The Morgan fingerprint density at radius 3 is 1.27 bits per heavy atom. The molecule has 5 rings (SSSR count). The number of fused-ring (bicyclic) bond motifs is 2. The van der Waals surface area contributed by atoms with E-state index in [-0.39, 0.29) is 24.8 Å². The van der Waals surface area contributed by atoms with Crippen LogP contribution in [0.4, 0.5) is 0 Å². The molecule has 0 nitrogen and oxygen atoms in total. The molecule has 4 heteroatoms. The van der Waals surface area contributed by atoms with Gasteiger partial charge in [-0.05, 0) is 12.8 Å². The number of hydrogen-bond acceptors (Lipinski definition) is 0. The van der Waals surface area contributed by atoms with Gasteiger partial charge in [0.25, 0.3) is 0 Å². The van der Waals surface area contributed by atoms with E-state index in [1.54, 1.807) is 47.9 Å². The fourth-order valence-electron chi connectivity index (χ4n) is 5.34. The Morgan fingerprint density at radius 2 is 0.973 bits per heavy atom. The molecule has 200 valence electrons. The van der Waals surface area contributed by atoms with Gasteiger partial charge < -0.3 is 24.8 Å². The van der Waals surface area contributed by atoms with E-state index in [1.807, 2.05) is 0 Å². The van der Waals surface area contributed by atoms with Crippen molar-refractivity contribution in [3.8, 4) is 0 Å². The van der Waals surface area contributed by atoms with Crippen LogP contribution in [0.15, 0.2) is 48.5 Å². The number of halogens is 2. The van der Waals surface area contributed by atoms with Gasteiger partial charge in [0, 0.05) is 0 Å². The quantitative estimate of drug-likeness (QED) is 0.223. The van der Waals surface area contributed by atoms with Gasteiger partial charge >= 0.3 is 59.8 Å². The average molecular weight is 718 g/mol. The second-order valence-corrected chi connectivity index (χ2v) is 19.9. The van der Waals surface area contributed by atoms with E-state index in [0.717, 1.165) is 25.7 Å². The SMILES string of the molecule is CCc1ccc(CC)c2[cH-]c(C)cc12.CCc1ccc(CC)c2[cH-]c(C)cc12.[Cl-].[Cl-].[Hf+2]=[Si]1CCCCC1. The first-order valence-electron chi connectivity index (χ1n) is 13.8. The van der Waals surface area contributed by atoms with Crippen LogP contribution in [0, 0.1) is 13.8 Å². The fourth-order valence-corrected chi connectivity index (χ4v) is 10.8. The molecule has 1 heterocycles. The van der Waals surface area contributed by atoms with Crippen molar-refractivity contribution in [2.45, 2.75) is 98.6 Å². The Kier molecular flexibility index (Phi) is 15.9. The van der Waals surface area contributed by atoms with Crippen LogP contribution in [0.25, 0.3) is 21.5 Å². The number of rotatable bonds is 4. The zero-order valence-corrected chi connectivity index (χ0v) is 29.8. The van der Waals surface area contributed by atoms with Crippen LogP contribution in [0.1, 0.15) is 80.3 Å². The summed E-state index contributed by atoms with van der Waals surface area (Å²) in [6, 6.07) is 21.7. The standard InChI is InChI=1S/2C14H17.C5H10Si.2ClH.Hf/c2*1-4-11-6-7-12(5-2)14-9-10(3)8-13(11)14;1-2-4-6-5-3-1;;;/h2*6-9H,4-5H2,1-3H3;1-5H2;2*1H;/q2*-1;;;;+2/p-2. The van der Waals surface area contributed by atoms with Crippen LogP contribution < -0.4 is 24.8 Å². The van der Waals surface area contributed by atoms with Crippen LogP contribution in [-0.4, -0.2) is 5.49 Å². The van der Waals surface area contributed by atoms with E-state index < -0.39 is 0 Å². The zero-order valence-electron chi connectivity index (χ0n) is 23.7. The third kappa shape index (κ3) is 9.19. The Hall–Kier alpha value is -0.673. The number of aryl methyl sites for hydroxylation is 6. The minimum absolute atomic E-state index is 0. The zero-order chi connectivity index (χ0) is 25.4. The van der Waals surface area contributed by atoms with Crippen LogP contribution in [0.5, 0.6) is 0 Å². The molecule has 0 atom stereocenters. The monoisotopic (exact) mass is 718 g/mol. The van der Waals surface area contributed by atoms with Gasteiger partial charge in [-0.15, -0.1) is 68.1 Å². The summed E-state index contributed by atoms with van der Waals surface area (Å²) in [6.45, 7) is 13.3. The van der Waals surface area contributed by atoms with Gasteiger partial charge in [-0.2, -0.15) is 12.1 Å². The molecule has 4 aromatic rings. The molecule has 0 N–H and O–H groups in total. The summed E-state index contributed by atoms with van der Waals surface area (Å²) < 4.78 is 0. The molecule has 0 bridgehead atoms. The molecule has 0 spiro atoms. The third-order valence-corrected chi connectivity index (χ3v) is 14.7. The van der Waals surface area contributed by atoms with Crippen molar-refractivity contribution in [2.24, 2.45) is 0 Å². The van der Waals surface area contributed by atoms with E-state index >= 15 is 0 Å². The first kappa shape index (κ1) is 34.4. The predicted octanol–water partition coefficient (Wildman–Crippen LogP) is 3.70. The molecular formula is C33H44Cl2HfSi-2. The van der Waals surface area contributed by atoms with Gasteiger partial charge in [-0.25, -0.2) is 0 Å². The van der Waals surface area contributed by atoms with Gasteiger partial charge in [0.2, 0.25) is 0 Å². The van der Waals surface area contributed by atoms with Crippen molar-refractivity contribution >= 4 is 27.0 Å². The molecule has 0 radical (unpaired) electrons. The second-order valence-electron chi connectivity index (χ2n) is 10.1. The molecular weight excluding hydrogens is 674 g/mol. The molecule has 0 amide bonds. The maximum atomic E-state index is 2.31. The van der Waals surface area contributed by atoms with Crippen LogP contribution in [-0.2, 0) is 48.7 Å². The van der Waals surface area contributed by atoms with Gasteiger partial charge in [0.05, 0.1) is 0 Å². The van der Waals surface area contributed by atoms with E-state index in [4.69, 9.17) is 0 Å². The molecule has 1 aliphatic rings. The predicted molar refractivity (Wildman–Crippen MR) is 155 cm³/mol. The Bertz CT molecular complexity index is 1090. The first-order valence-corrected chi connectivity index (χ1v) is 21.1. The normalized spacial score (nSPS) is 12.7. The second kappa shape index (κ2) is 17.1. The molecule has 1 aliphatic heterocycles. The summed E-state index contributed by atoms with van der Waals surface area (Å²) in [6.07, 6.45) is 9.19. The topological polar surface area (TPSA) is 0 Å². The van der Waals surface area contributed by atoms with Gasteiger partial charge in [0.15, 0.2) is 0 Å². The molecule has 1 saturated heterocycles. The Morgan fingerprint density at radius 1 is 0.622 bits per heavy atom. The first-order chi connectivity index (χ1) is 16.9. The fraction of sp³-hybridized carbons (Fsp3) is 0.455. The van der Waals surface area contributed by atoms with Gasteiger partial charge in [0.1, 0.15) is 0 Å².